The summed E-state index contributed by atoms with van der Waals surface area (Å²) in [5.41, 5.74) is 4.28. The van der Waals surface area contributed by atoms with E-state index in [1.54, 1.807) is 0 Å². The Morgan fingerprint density at radius 1 is 0.773 bits per heavy atom. The third-order valence-corrected chi connectivity index (χ3v) is 5.20. The molecule has 22 heavy (non-hydrogen) atoms. The molecule has 1 heteroatoms. The Labute approximate surface area is 128 Å². The Kier molecular flexibility index (Phi) is 2.20. The summed E-state index contributed by atoms with van der Waals surface area (Å²) in [6.07, 6.45) is 2.19. The maximum absolute atomic E-state index is 10.4. The van der Waals surface area contributed by atoms with Gasteiger partial charge in [0.05, 0.1) is 0 Å². The van der Waals surface area contributed by atoms with Crippen LogP contribution in [0.1, 0.15) is 16.7 Å². The number of phenols is 1. The number of benzene rings is 4. The first-order valence-electron chi connectivity index (χ1n) is 7.82. The van der Waals surface area contributed by atoms with Crippen molar-refractivity contribution in [2.45, 2.75) is 19.8 Å². The van der Waals surface area contributed by atoms with E-state index in [0.717, 1.165) is 23.6 Å². The van der Waals surface area contributed by atoms with E-state index in [9.17, 15) is 5.11 Å². The van der Waals surface area contributed by atoms with E-state index < -0.39 is 0 Å². The molecule has 0 fully saturated rings. The van der Waals surface area contributed by atoms with Gasteiger partial charge in [0.1, 0.15) is 5.75 Å². The normalized spacial score (nSPS) is 13.5. The first-order valence-corrected chi connectivity index (χ1v) is 7.82. The van der Waals surface area contributed by atoms with Gasteiger partial charge in [-0.2, -0.15) is 0 Å². The van der Waals surface area contributed by atoms with Crippen LogP contribution in [0.4, 0.5) is 0 Å². The fraction of sp³-hybridized carbons (Fsp3) is 0.143. The van der Waals surface area contributed by atoms with Crippen molar-refractivity contribution in [2.24, 2.45) is 0 Å². The van der Waals surface area contributed by atoms with Crippen molar-refractivity contribution >= 4 is 32.3 Å². The molecule has 0 radical (unpaired) electrons. The lowest BCUT2D eigenvalue weighted by Crippen LogP contribution is -1.87. The lowest BCUT2D eigenvalue weighted by atomic mass is 9.93. The van der Waals surface area contributed by atoms with Crippen molar-refractivity contribution < 1.29 is 5.11 Å². The Balaban J connectivity index is 2.10. The minimum Gasteiger partial charge on any atom is -0.507 e. The number of fused-ring (bicyclic) bond motifs is 4. The standard InChI is InChI=1S/C21H16O/c1-12-6-7-13-10-18-15-4-2-3-5-16(15)20(22)11-19(18)17-9-8-14(12)21(13)17/h2-7,10-11,22H,8-9H2,1H3. The summed E-state index contributed by atoms with van der Waals surface area (Å²) >= 11 is 0. The molecule has 1 N–H and O–H groups in total. The second-order valence-electron chi connectivity index (χ2n) is 6.35. The molecule has 4 aromatic carbocycles. The molecule has 0 bridgehead atoms. The van der Waals surface area contributed by atoms with Crippen LogP contribution < -0.4 is 0 Å². The molecule has 0 spiro atoms. The molecule has 0 saturated heterocycles. The van der Waals surface area contributed by atoms with Crippen molar-refractivity contribution in [1.82, 2.24) is 0 Å². The zero-order valence-electron chi connectivity index (χ0n) is 12.5. The Bertz CT molecular complexity index is 1090. The van der Waals surface area contributed by atoms with Gasteiger partial charge in [0.15, 0.2) is 0 Å². The minimum absolute atomic E-state index is 0.389. The second kappa shape index (κ2) is 4.01. The van der Waals surface area contributed by atoms with Gasteiger partial charge in [0.2, 0.25) is 0 Å². The van der Waals surface area contributed by atoms with Gasteiger partial charge in [-0.15, -0.1) is 0 Å². The van der Waals surface area contributed by atoms with Crippen LogP contribution in [-0.4, -0.2) is 5.11 Å². The fourth-order valence-electron chi connectivity index (χ4n) is 4.15. The molecule has 0 saturated carbocycles. The maximum atomic E-state index is 10.4. The molecule has 1 aliphatic rings. The van der Waals surface area contributed by atoms with E-state index >= 15 is 0 Å². The van der Waals surface area contributed by atoms with Gasteiger partial charge in [-0.25, -0.2) is 0 Å². The third kappa shape index (κ3) is 1.38. The number of hydrogen-bond acceptors (Lipinski definition) is 1. The van der Waals surface area contributed by atoms with Gasteiger partial charge in [-0.3, -0.25) is 0 Å². The van der Waals surface area contributed by atoms with Gasteiger partial charge in [0.25, 0.3) is 0 Å². The van der Waals surface area contributed by atoms with Crippen LogP contribution in [0, 0.1) is 6.92 Å². The summed E-state index contributed by atoms with van der Waals surface area (Å²) in [6.45, 7) is 2.20. The van der Waals surface area contributed by atoms with Crippen LogP contribution in [0.2, 0.25) is 0 Å². The molecular weight excluding hydrogens is 268 g/mol. The van der Waals surface area contributed by atoms with Crippen molar-refractivity contribution in [3.63, 3.8) is 0 Å². The van der Waals surface area contributed by atoms with Crippen molar-refractivity contribution in [3.05, 3.63) is 65.2 Å². The number of phenolic OH excluding ortho intramolecular Hbond substituents is 1. The topological polar surface area (TPSA) is 20.2 Å². The van der Waals surface area contributed by atoms with E-state index in [2.05, 4.69) is 31.2 Å². The highest BCUT2D eigenvalue weighted by atomic mass is 16.3. The number of aryl methyl sites for hydroxylation is 3. The predicted molar refractivity (Wildman–Crippen MR) is 92.8 cm³/mol. The van der Waals surface area contributed by atoms with Crippen LogP contribution in [0.25, 0.3) is 32.3 Å². The van der Waals surface area contributed by atoms with E-state index in [4.69, 9.17) is 0 Å². The summed E-state index contributed by atoms with van der Waals surface area (Å²) < 4.78 is 0. The van der Waals surface area contributed by atoms with Crippen LogP contribution in [0.15, 0.2) is 48.5 Å². The first kappa shape index (κ1) is 12.0. The largest absolute Gasteiger partial charge is 0.507 e. The fourth-order valence-corrected chi connectivity index (χ4v) is 4.15. The average Bonchev–Trinajstić information content (AvgIpc) is 2.99. The Morgan fingerprint density at radius 2 is 1.55 bits per heavy atom. The number of hydrogen-bond donors (Lipinski definition) is 1. The molecule has 1 nitrogen and oxygen atoms in total. The lowest BCUT2D eigenvalue weighted by Gasteiger charge is -2.12. The van der Waals surface area contributed by atoms with Crippen LogP contribution in [0.3, 0.4) is 0 Å². The zero-order chi connectivity index (χ0) is 14.8. The molecule has 5 rings (SSSR count). The molecule has 1 aliphatic carbocycles. The summed E-state index contributed by atoms with van der Waals surface area (Å²) in [7, 11) is 0. The Morgan fingerprint density at radius 3 is 2.41 bits per heavy atom. The highest BCUT2D eigenvalue weighted by molar-refractivity contribution is 6.16. The smallest absolute Gasteiger partial charge is 0.124 e. The number of rotatable bonds is 0. The van der Waals surface area contributed by atoms with Crippen molar-refractivity contribution in [2.75, 3.05) is 0 Å². The van der Waals surface area contributed by atoms with E-state index in [-0.39, 0.29) is 0 Å². The molecule has 4 aromatic rings. The lowest BCUT2D eigenvalue weighted by molar-refractivity contribution is 0.482. The van der Waals surface area contributed by atoms with Crippen LogP contribution >= 0.6 is 0 Å². The first-order chi connectivity index (χ1) is 10.7. The summed E-state index contributed by atoms with van der Waals surface area (Å²) in [4.78, 5) is 0. The quantitative estimate of drug-likeness (QED) is 0.345. The summed E-state index contributed by atoms with van der Waals surface area (Å²) in [5, 5.41) is 17.7. The highest BCUT2D eigenvalue weighted by Gasteiger charge is 2.20. The molecule has 0 aromatic heterocycles. The predicted octanol–water partition coefficient (Wildman–Crippen LogP) is 5.26. The van der Waals surface area contributed by atoms with Gasteiger partial charge < -0.3 is 5.11 Å². The average molecular weight is 284 g/mol. The van der Waals surface area contributed by atoms with Gasteiger partial charge in [-0.1, -0.05) is 36.4 Å². The second-order valence-corrected chi connectivity index (χ2v) is 6.35. The minimum atomic E-state index is 0.389. The molecule has 0 aliphatic heterocycles. The van der Waals surface area contributed by atoms with Gasteiger partial charge in [-0.05, 0) is 75.5 Å². The van der Waals surface area contributed by atoms with Crippen molar-refractivity contribution in [3.8, 4) is 5.75 Å². The molecule has 0 atom stereocenters. The van der Waals surface area contributed by atoms with Gasteiger partial charge in [0, 0.05) is 5.39 Å². The zero-order valence-corrected chi connectivity index (χ0v) is 12.5. The highest BCUT2D eigenvalue weighted by Crippen LogP contribution is 2.42. The van der Waals surface area contributed by atoms with E-state index in [1.165, 1.54) is 38.2 Å². The number of aromatic hydroxyl groups is 1. The molecular formula is C21H16O. The van der Waals surface area contributed by atoms with E-state index in [1.807, 2.05) is 24.3 Å². The Hall–Kier alpha value is -2.54. The molecule has 0 unspecified atom stereocenters. The third-order valence-electron chi connectivity index (χ3n) is 5.20. The van der Waals surface area contributed by atoms with Crippen LogP contribution in [0.5, 0.6) is 5.75 Å². The molecule has 106 valence electrons. The van der Waals surface area contributed by atoms with Gasteiger partial charge >= 0.3 is 0 Å². The van der Waals surface area contributed by atoms with E-state index in [0.29, 0.717) is 5.75 Å². The summed E-state index contributed by atoms with van der Waals surface area (Å²) in [5.74, 6) is 0.389. The molecule has 0 amide bonds. The summed E-state index contributed by atoms with van der Waals surface area (Å²) in [6, 6.07) is 16.9. The SMILES string of the molecule is Cc1ccc2cc3c(cc(O)c4ccccc43)c3c2c1CC3. The molecule has 0 heterocycles. The van der Waals surface area contributed by atoms with Crippen molar-refractivity contribution in [1.29, 1.82) is 0 Å². The monoisotopic (exact) mass is 284 g/mol. The maximum Gasteiger partial charge on any atom is 0.124 e. The van der Waals surface area contributed by atoms with Crippen LogP contribution in [-0.2, 0) is 12.8 Å².